The average Bonchev–Trinajstić information content (AvgIpc) is 3.80. The van der Waals surface area contributed by atoms with Gasteiger partial charge in [-0.1, -0.05) is 103 Å². The second kappa shape index (κ2) is 23.6. The molecular formula is C49H60N10O7. The van der Waals surface area contributed by atoms with Gasteiger partial charge in [0.05, 0.1) is 0 Å². The Bertz CT molecular complexity index is 2380. The van der Waals surface area contributed by atoms with E-state index in [1.807, 2.05) is 103 Å². The van der Waals surface area contributed by atoms with Crippen LogP contribution in [0.15, 0.2) is 108 Å². The van der Waals surface area contributed by atoms with Crippen LogP contribution in [0.5, 0.6) is 0 Å². The molecule has 4 aromatic rings. The summed E-state index contributed by atoms with van der Waals surface area (Å²) in [6.07, 6.45) is 1.78. The maximum atomic E-state index is 14.6. The summed E-state index contributed by atoms with van der Waals surface area (Å²) in [7, 11) is 0. The van der Waals surface area contributed by atoms with Crippen LogP contribution in [-0.2, 0) is 52.8 Å². The summed E-state index contributed by atoms with van der Waals surface area (Å²) in [4.78, 5) is 104. The topological polar surface area (TPSA) is 259 Å². The third kappa shape index (κ3) is 13.8. The van der Waals surface area contributed by atoms with Gasteiger partial charge in [0.15, 0.2) is 5.96 Å². The molecule has 66 heavy (non-hydrogen) atoms. The molecule has 6 rings (SSSR count). The molecule has 2 aliphatic rings. The van der Waals surface area contributed by atoms with Crippen molar-refractivity contribution in [3.63, 3.8) is 0 Å². The molecular weight excluding hydrogens is 841 g/mol. The molecule has 0 aliphatic carbocycles. The molecule has 6 atom stereocenters. The van der Waals surface area contributed by atoms with Crippen LogP contribution in [0.3, 0.4) is 0 Å². The highest BCUT2D eigenvalue weighted by Gasteiger charge is 2.40. The molecule has 2 heterocycles. The van der Waals surface area contributed by atoms with Crippen molar-refractivity contribution in [2.24, 2.45) is 16.5 Å². The number of amides is 7. The van der Waals surface area contributed by atoms with Crippen LogP contribution in [0.4, 0.5) is 0 Å². The molecule has 0 unspecified atom stereocenters. The van der Waals surface area contributed by atoms with Crippen molar-refractivity contribution >= 4 is 58.1 Å². The maximum Gasteiger partial charge on any atom is 0.245 e. The highest BCUT2D eigenvalue weighted by molar-refractivity contribution is 5.97. The fraction of sp³-hybridized carbons (Fsp3) is 0.388. The predicted octanol–water partition coefficient (Wildman–Crippen LogP) is 1.27. The summed E-state index contributed by atoms with van der Waals surface area (Å²) in [5.41, 5.74) is 13.4. The average molecular weight is 901 g/mol. The van der Waals surface area contributed by atoms with E-state index < -0.39 is 77.6 Å². The van der Waals surface area contributed by atoms with Crippen molar-refractivity contribution in [3.8, 4) is 0 Å². The van der Waals surface area contributed by atoms with Gasteiger partial charge < -0.3 is 48.3 Å². The van der Waals surface area contributed by atoms with Crippen LogP contribution in [0, 0.1) is 0 Å². The fourth-order valence-electron chi connectivity index (χ4n) is 8.43. The summed E-state index contributed by atoms with van der Waals surface area (Å²) in [5.74, 6) is -4.01. The molecule has 2 fully saturated rings. The van der Waals surface area contributed by atoms with Gasteiger partial charge in [-0.15, -0.1) is 0 Å². The third-order valence-electron chi connectivity index (χ3n) is 11.8. The number of fused-ring (bicyclic) bond motifs is 2. The largest absolute Gasteiger partial charge is 0.370 e. The van der Waals surface area contributed by atoms with Crippen LogP contribution >= 0.6 is 0 Å². The van der Waals surface area contributed by atoms with Crippen molar-refractivity contribution < 1.29 is 33.6 Å². The Morgan fingerprint density at radius 3 is 2.02 bits per heavy atom. The summed E-state index contributed by atoms with van der Waals surface area (Å²) in [5, 5.41) is 19.0. The molecule has 10 N–H and O–H groups in total. The van der Waals surface area contributed by atoms with E-state index in [0.717, 1.165) is 27.5 Å². The van der Waals surface area contributed by atoms with Gasteiger partial charge in [-0.25, -0.2) is 0 Å². The molecule has 17 nitrogen and oxygen atoms in total. The lowest BCUT2D eigenvalue weighted by molar-refractivity contribution is -0.142. The first-order chi connectivity index (χ1) is 31.8. The number of aliphatic imine (C=N–C) groups is 1. The monoisotopic (exact) mass is 900 g/mol. The van der Waals surface area contributed by atoms with E-state index in [1.165, 1.54) is 11.8 Å². The minimum Gasteiger partial charge on any atom is -0.370 e. The van der Waals surface area contributed by atoms with E-state index >= 15 is 0 Å². The van der Waals surface area contributed by atoms with Crippen LogP contribution in [-0.4, -0.2) is 108 Å². The number of hydrogen-bond acceptors (Lipinski definition) is 8. The Morgan fingerprint density at radius 1 is 0.712 bits per heavy atom. The molecule has 348 valence electrons. The lowest BCUT2D eigenvalue weighted by Crippen LogP contribution is -2.60. The molecule has 2 saturated heterocycles. The highest BCUT2D eigenvalue weighted by Crippen LogP contribution is 2.22. The van der Waals surface area contributed by atoms with Gasteiger partial charge in [0.2, 0.25) is 41.4 Å². The van der Waals surface area contributed by atoms with Crippen LogP contribution in [0.1, 0.15) is 62.1 Å². The molecule has 17 heteroatoms. The molecule has 7 amide bonds. The standard InChI is InChI=1S/C49H60N10O7/c1-31(60)54-39(28-32-13-4-2-5-14-32)44(62)56-38-20-11-24-52-43(61)37(19-10-25-53-49(50)51)55-45(63)41(30-34-22-23-35-17-8-9-18-36(35)27-34)57-46(64)40(29-33-15-6-3-7-16-33)58-47(65)42-21-12-26-59(42)48(38)66/h2-9,13-18,22-23,27,37-42H,10-12,19-21,24-26,28-30H2,1H3,(H,52,61)(H,54,60)(H,55,63)(H,56,62)(H,57,64)(H,58,65)(H4,50,51,53)/t37-,38-,39-,40-,41-,42-/m0/s1. The van der Waals surface area contributed by atoms with Crippen molar-refractivity contribution in [2.75, 3.05) is 19.6 Å². The van der Waals surface area contributed by atoms with Crippen molar-refractivity contribution in [2.45, 2.75) is 101 Å². The van der Waals surface area contributed by atoms with Crippen LogP contribution in [0.2, 0.25) is 0 Å². The summed E-state index contributed by atoms with van der Waals surface area (Å²) < 4.78 is 0. The molecule has 0 saturated carbocycles. The Hall–Kier alpha value is -7.30. The molecule has 0 radical (unpaired) electrons. The van der Waals surface area contributed by atoms with E-state index in [-0.39, 0.29) is 64.1 Å². The normalized spacial score (nSPS) is 21.4. The SMILES string of the molecule is CC(=O)N[C@@H](Cc1ccccc1)C(=O)N[C@H]1CCCNC(=O)[C@H](CCCN=C(N)N)NC(=O)[C@H](Cc2ccc3ccccc3c2)NC(=O)[C@H](Cc2ccccc2)NC(=O)[C@@H]2CCCN2C1=O. The summed E-state index contributed by atoms with van der Waals surface area (Å²) >= 11 is 0. The number of nitrogens with one attached hydrogen (secondary N) is 6. The zero-order valence-electron chi connectivity index (χ0n) is 37.2. The highest BCUT2D eigenvalue weighted by atomic mass is 16.2. The first-order valence-electron chi connectivity index (χ1n) is 22.5. The van der Waals surface area contributed by atoms with Crippen molar-refractivity contribution in [1.29, 1.82) is 0 Å². The van der Waals surface area contributed by atoms with Gasteiger partial charge in [-0.2, -0.15) is 0 Å². The van der Waals surface area contributed by atoms with Crippen LogP contribution < -0.4 is 43.4 Å². The number of carbonyl (C=O) groups is 7. The second-order valence-corrected chi connectivity index (χ2v) is 16.8. The number of nitrogens with zero attached hydrogens (tertiary/aromatic N) is 2. The molecule has 0 spiro atoms. The smallest absolute Gasteiger partial charge is 0.245 e. The minimum absolute atomic E-state index is 0.0558. The van der Waals surface area contributed by atoms with Crippen LogP contribution in [0.25, 0.3) is 10.8 Å². The number of guanidine groups is 1. The number of rotatable bonds is 13. The number of carbonyl (C=O) groups excluding carboxylic acids is 7. The Morgan fingerprint density at radius 2 is 1.33 bits per heavy atom. The van der Waals surface area contributed by atoms with Crippen molar-refractivity contribution in [3.05, 3.63) is 120 Å². The van der Waals surface area contributed by atoms with E-state index in [4.69, 9.17) is 11.5 Å². The minimum atomic E-state index is -1.19. The van der Waals surface area contributed by atoms with E-state index in [9.17, 15) is 33.6 Å². The Labute approximate surface area is 384 Å². The van der Waals surface area contributed by atoms with Gasteiger partial charge in [0, 0.05) is 45.8 Å². The van der Waals surface area contributed by atoms with Gasteiger partial charge in [0.25, 0.3) is 0 Å². The van der Waals surface area contributed by atoms with Crippen molar-refractivity contribution in [1.82, 2.24) is 36.8 Å². The molecule has 2 aliphatic heterocycles. The lowest BCUT2D eigenvalue weighted by Gasteiger charge is -2.31. The number of nitrogens with two attached hydrogens (primary N) is 2. The van der Waals surface area contributed by atoms with Gasteiger partial charge >= 0.3 is 0 Å². The van der Waals surface area contributed by atoms with E-state index in [2.05, 4.69) is 36.9 Å². The van der Waals surface area contributed by atoms with E-state index in [0.29, 0.717) is 19.3 Å². The zero-order chi connectivity index (χ0) is 47.0. The first kappa shape index (κ1) is 48.2. The summed E-state index contributed by atoms with van der Waals surface area (Å²) in [6.45, 7) is 1.76. The summed E-state index contributed by atoms with van der Waals surface area (Å²) in [6, 6.07) is 25.1. The third-order valence-corrected chi connectivity index (χ3v) is 11.8. The van der Waals surface area contributed by atoms with Gasteiger partial charge in [-0.05, 0) is 66.0 Å². The van der Waals surface area contributed by atoms with E-state index in [1.54, 1.807) is 0 Å². The Balaban J connectivity index is 1.32. The quantitative estimate of drug-likeness (QED) is 0.0545. The second-order valence-electron chi connectivity index (χ2n) is 16.8. The first-order valence-corrected chi connectivity index (χ1v) is 22.5. The fourth-order valence-corrected chi connectivity index (χ4v) is 8.43. The number of hydrogen-bond donors (Lipinski definition) is 8. The predicted molar refractivity (Wildman–Crippen MR) is 250 cm³/mol. The van der Waals surface area contributed by atoms with Gasteiger partial charge in [0.1, 0.15) is 36.3 Å². The molecule has 0 bridgehead atoms. The molecule has 0 aromatic heterocycles. The lowest BCUT2D eigenvalue weighted by atomic mass is 9.99. The maximum absolute atomic E-state index is 14.6. The zero-order valence-corrected chi connectivity index (χ0v) is 37.2. The Kier molecular flexibility index (Phi) is 17.2. The number of benzene rings is 4. The van der Waals surface area contributed by atoms with Gasteiger partial charge in [-0.3, -0.25) is 38.6 Å². The molecule has 4 aromatic carbocycles.